The topological polar surface area (TPSA) is 57.2 Å². The maximum Gasteiger partial charge on any atom is 0.243 e. The van der Waals surface area contributed by atoms with Gasteiger partial charge in [0, 0.05) is 46.3 Å². The van der Waals surface area contributed by atoms with E-state index >= 15 is 0 Å². The summed E-state index contributed by atoms with van der Waals surface area (Å²) >= 11 is 0. The van der Waals surface area contributed by atoms with Crippen LogP contribution in [-0.4, -0.2) is 75.2 Å². The van der Waals surface area contributed by atoms with Gasteiger partial charge in [-0.2, -0.15) is 0 Å². The first-order valence-corrected chi connectivity index (χ1v) is 8.78. The summed E-state index contributed by atoms with van der Waals surface area (Å²) in [5.74, 6) is 2.86. The standard InChI is InChI=1S/C17H32N4O2/c1-13-5-7-21(11-14(13)2)17(19-10-16(22)20(3)4)18-9-15-6-8-23-12-15/h13-15H,5-12H2,1-4H3,(H,18,19). The van der Waals surface area contributed by atoms with E-state index in [0.29, 0.717) is 11.8 Å². The molecule has 0 spiro atoms. The van der Waals surface area contributed by atoms with Gasteiger partial charge in [-0.05, 0) is 24.7 Å². The van der Waals surface area contributed by atoms with E-state index in [0.717, 1.165) is 51.1 Å². The van der Waals surface area contributed by atoms with Crippen molar-refractivity contribution in [3.05, 3.63) is 0 Å². The van der Waals surface area contributed by atoms with E-state index in [2.05, 4.69) is 29.1 Å². The highest BCUT2D eigenvalue weighted by atomic mass is 16.5. The van der Waals surface area contributed by atoms with Crippen molar-refractivity contribution < 1.29 is 9.53 Å². The third kappa shape index (κ3) is 5.37. The van der Waals surface area contributed by atoms with Crippen molar-refractivity contribution in [2.45, 2.75) is 26.7 Å². The smallest absolute Gasteiger partial charge is 0.243 e. The minimum Gasteiger partial charge on any atom is -0.381 e. The van der Waals surface area contributed by atoms with Crippen LogP contribution in [0.5, 0.6) is 0 Å². The first-order valence-electron chi connectivity index (χ1n) is 8.78. The fourth-order valence-electron chi connectivity index (χ4n) is 2.99. The van der Waals surface area contributed by atoms with E-state index in [1.807, 2.05) is 0 Å². The van der Waals surface area contributed by atoms with Gasteiger partial charge in [-0.3, -0.25) is 4.79 Å². The molecule has 3 atom stereocenters. The average Bonchev–Trinajstić information content (AvgIpc) is 3.03. The highest BCUT2D eigenvalue weighted by Crippen LogP contribution is 2.22. The molecule has 0 aliphatic carbocycles. The molecule has 1 amide bonds. The van der Waals surface area contributed by atoms with Crippen molar-refractivity contribution in [2.24, 2.45) is 22.7 Å². The predicted octanol–water partition coefficient (Wildman–Crippen LogP) is 1.03. The molecule has 2 aliphatic rings. The van der Waals surface area contributed by atoms with E-state index in [1.54, 1.807) is 19.0 Å². The minimum absolute atomic E-state index is 0.0342. The Labute approximate surface area is 140 Å². The van der Waals surface area contributed by atoms with Crippen LogP contribution in [0.2, 0.25) is 0 Å². The molecule has 0 aromatic carbocycles. The number of guanidine groups is 1. The predicted molar refractivity (Wildman–Crippen MR) is 92.4 cm³/mol. The van der Waals surface area contributed by atoms with Gasteiger partial charge < -0.3 is 19.9 Å². The first kappa shape index (κ1) is 18.0. The van der Waals surface area contributed by atoms with Crippen LogP contribution < -0.4 is 5.32 Å². The number of hydrogen-bond acceptors (Lipinski definition) is 3. The Kier molecular flexibility index (Phi) is 6.69. The summed E-state index contributed by atoms with van der Waals surface area (Å²) in [6, 6.07) is 0. The van der Waals surface area contributed by atoms with Crippen molar-refractivity contribution in [2.75, 3.05) is 53.5 Å². The number of aliphatic imine (C=N–C) groups is 1. The van der Waals surface area contributed by atoms with Crippen LogP contribution >= 0.6 is 0 Å². The molecule has 0 radical (unpaired) electrons. The van der Waals surface area contributed by atoms with Crippen LogP contribution in [0.15, 0.2) is 4.99 Å². The van der Waals surface area contributed by atoms with Crippen molar-refractivity contribution >= 4 is 11.9 Å². The monoisotopic (exact) mass is 324 g/mol. The third-order valence-electron chi connectivity index (χ3n) is 5.07. The summed E-state index contributed by atoms with van der Waals surface area (Å²) in [7, 11) is 3.54. The molecule has 2 aliphatic heterocycles. The Morgan fingerprint density at radius 2 is 2.09 bits per heavy atom. The number of nitrogens with zero attached hydrogens (tertiary/aromatic N) is 3. The second-order valence-corrected chi connectivity index (χ2v) is 7.23. The summed E-state index contributed by atoms with van der Waals surface area (Å²) in [5.41, 5.74) is 0. The molecular formula is C17H32N4O2. The molecule has 0 saturated carbocycles. The maximum absolute atomic E-state index is 11.9. The van der Waals surface area contributed by atoms with E-state index in [4.69, 9.17) is 4.74 Å². The molecule has 1 N–H and O–H groups in total. The third-order valence-corrected chi connectivity index (χ3v) is 5.07. The number of likely N-dealkylation sites (N-methyl/N-ethyl adjacent to an activating group) is 1. The lowest BCUT2D eigenvalue weighted by molar-refractivity contribution is -0.127. The van der Waals surface area contributed by atoms with E-state index < -0.39 is 0 Å². The fourth-order valence-corrected chi connectivity index (χ4v) is 2.99. The normalized spacial score (nSPS) is 28.8. The number of carbonyl (C=O) groups excluding carboxylic acids is 1. The molecule has 2 heterocycles. The van der Waals surface area contributed by atoms with Crippen LogP contribution in [0.3, 0.4) is 0 Å². The molecule has 23 heavy (non-hydrogen) atoms. The second kappa shape index (κ2) is 8.52. The molecule has 0 aromatic rings. The van der Waals surface area contributed by atoms with Gasteiger partial charge in [0.25, 0.3) is 0 Å². The van der Waals surface area contributed by atoms with Gasteiger partial charge >= 0.3 is 0 Å². The maximum atomic E-state index is 11.9. The zero-order valence-corrected chi connectivity index (χ0v) is 15.0. The number of hydrogen-bond donors (Lipinski definition) is 1. The van der Waals surface area contributed by atoms with Crippen molar-refractivity contribution in [1.82, 2.24) is 15.1 Å². The second-order valence-electron chi connectivity index (χ2n) is 7.23. The Hall–Kier alpha value is -1.30. The number of likely N-dealkylation sites (tertiary alicyclic amines) is 1. The van der Waals surface area contributed by atoms with Gasteiger partial charge in [-0.15, -0.1) is 0 Å². The number of carbonyl (C=O) groups is 1. The van der Waals surface area contributed by atoms with Crippen LogP contribution in [-0.2, 0) is 9.53 Å². The zero-order valence-electron chi connectivity index (χ0n) is 15.0. The molecule has 6 heteroatoms. The van der Waals surface area contributed by atoms with Gasteiger partial charge in [0.2, 0.25) is 5.91 Å². The van der Waals surface area contributed by atoms with Crippen LogP contribution in [0.25, 0.3) is 0 Å². The van der Waals surface area contributed by atoms with E-state index in [1.165, 1.54) is 6.42 Å². The molecule has 132 valence electrons. The largest absolute Gasteiger partial charge is 0.381 e. The van der Waals surface area contributed by atoms with Crippen LogP contribution in [0.4, 0.5) is 0 Å². The minimum atomic E-state index is 0.0342. The van der Waals surface area contributed by atoms with Crippen LogP contribution in [0.1, 0.15) is 26.7 Å². The van der Waals surface area contributed by atoms with Gasteiger partial charge in [0.1, 0.15) is 6.54 Å². The summed E-state index contributed by atoms with van der Waals surface area (Å²) in [5, 5.41) is 3.49. The molecule has 6 nitrogen and oxygen atoms in total. The fraction of sp³-hybridized carbons (Fsp3) is 0.882. The van der Waals surface area contributed by atoms with Crippen molar-refractivity contribution in [1.29, 1.82) is 0 Å². The Morgan fingerprint density at radius 3 is 2.70 bits per heavy atom. The number of piperidine rings is 1. The zero-order chi connectivity index (χ0) is 16.8. The summed E-state index contributed by atoms with van der Waals surface area (Å²) < 4.78 is 5.44. The first-order chi connectivity index (χ1) is 11.0. The van der Waals surface area contributed by atoms with Crippen molar-refractivity contribution in [3.63, 3.8) is 0 Å². The molecule has 2 fully saturated rings. The molecule has 2 rings (SSSR count). The SMILES string of the molecule is CC1CCN(C(=NCC(=O)N(C)C)NCC2CCOC2)CC1C. The van der Waals surface area contributed by atoms with Gasteiger partial charge in [0.05, 0.1) is 6.61 Å². The Bertz CT molecular complexity index is 419. The van der Waals surface area contributed by atoms with Crippen molar-refractivity contribution in [3.8, 4) is 0 Å². The van der Waals surface area contributed by atoms with Gasteiger partial charge in [-0.1, -0.05) is 13.8 Å². The Morgan fingerprint density at radius 1 is 1.30 bits per heavy atom. The number of rotatable bonds is 4. The lowest BCUT2D eigenvalue weighted by Crippen LogP contribution is -2.49. The average molecular weight is 324 g/mol. The Balaban J connectivity index is 1.97. The van der Waals surface area contributed by atoms with Crippen LogP contribution in [0, 0.1) is 17.8 Å². The summed E-state index contributed by atoms with van der Waals surface area (Å²) in [6.45, 7) is 9.38. The van der Waals surface area contributed by atoms with Gasteiger partial charge in [0.15, 0.2) is 5.96 Å². The summed E-state index contributed by atoms with van der Waals surface area (Å²) in [4.78, 5) is 20.3. The molecule has 0 aromatic heterocycles. The summed E-state index contributed by atoms with van der Waals surface area (Å²) in [6.07, 6.45) is 2.28. The number of amides is 1. The number of ether oxygens (including phenoxy) is 1. The highest BCUT2D eigenvalue weighted by Gasteiger charge is 2.26. The lowest BCUT2D eigenvalue weighted by Gasteiger charge is -2.37. The van der Waals surface area contributed by atoms with Gasteiger partial charge in [-0.25, -0.2) is 4.99 Å². The molecular weight excluding hydrogens is 292 g/mol. The van der Waals surface area contributed by atoms with E-state index in [9.17, 15) is 4.79 Å². The highest BCUT2D eigenvalue weighted by molar-refractivity contribution is 5.84. The molecule has 3 unspecified atom stereocenters. The van der Waals surface area contributed by atoms with E-state index in [-0.39, 0.29) is 12.5 Å². The number of nitrogens with one attached hydrogen (secondary N) is 1. The quantitative estimate of drug-likeness (QED) is 0.620. The molecule has 0 bridgehead atoms. The molecule has 2 saturated heterocycles. The lowest BCUT2D eigenvalue weighted by atomic mass is 9.89.